The molecule has 0 saturated carbocycles. The van der Waals surface area contributed by atoms with Gasteiger partial charge in [-0.05, 0) is 31.2 Å². The van der Waals surface area contributed by atoms with Crippen molar-refractivity contribution in [2.24, 2.45) is 0 Å². The van der Waals surface area contributed by atoms with E-state index in [2.05, 4.69) is 0 Å². The van der Waals surface area contributed by atoms with E-state index in [0.717, 1.165) is 23.0 Å². The van der Waals surface area contributed by atoms with Gasteiger partial charge in [0.05, 0.1) is 14.2 Å². The molecule has 0 aromatic heterocycles. The summed E-state index contributed by atoms with van der Waals surface area (Å²) in [5.74, 6) is 1.07. The van der Waals surface area contributed by atoms with Crippen molar-refractivity contribution in [1.29, 1.82) is 0 Å². The van der Waals surface area contributed by atoms with Crippen LogP contribution in [0.15, 0.2) is 30.3 Å². The van der Waals surface area contributed by atoms with Crippen LogP contribution in [0.2, 0.25) is 0 Å². The number of anilines is 1. The van der Waals surface area contributed by atoms with Gasteiger partial charge in [0.25, 0.3) is 0 Å². The predicted molar refractivity (Wildman–Crippen MR) is 79.5 cm³/mol. The summed E-state index contributed by atoms with van der Waals surface area (Å²) in [6, 6.07) is 9.12. The zero-order valence-electron chi connectivity index (χ0n) is 11.8. The van der Waals surface area contributed by atoms with E-state index in [9.17, 15) is 4.79 Å². The van der Waals surface area contributed by atoms with Crippen molar-refractivity contribution in [2.45, 2.75) is 6.92 Å². The Labute approximate surface area is 118 Å². The van der Waals surface area contributed by atoms with Crippen LogP contribution in [-0.4, -0.2) is 20.5 Å². The average Bonchev–Trinajstić information content (AvgIpc) is 2.48. The number of nitrogens with two attached hydrogens (primary N) is 1. The highest BCUT2D eigenvalue weighted by molar-refractivity contribution is 5.88. The van der Waals surface area contributed by atoms with Crippen LogP contribution in [0.3, 0.4) is 0 Å². The van der Waals surface area contributed by atoms with Crippen molar-refractivity contribution in [3.05, 3.63) is 41.5 Å². The van der Waals surface area contributed by atoms with Crippen molar-refractivity contribution >= 4 is 12.0 Å². The normalized spacial score (nSPS) is 10.2. The fourth-order valence-corrected chi connectivity index (χ4v) is 2.16. The fourth-order valence-electron chi connectivity index (χ4n) is 2.16. The second-order valence-corrected chi connectivity index (χ2v) is 4.51. The first-order valence-electron chi connectivity index (χ1n) is 6.18. The largest absolute Gasteiger partial charge is 0.493 e. The van der Waals surface area contributed by atoms with E-state index in [-0.39, 0.29) is 0 Å². The van der Waals surface area contributed by atoms with Crippen LogP contribution in [0.5, 0.6) is 11.5 Å². The number of nitrogen functional groups attached to an aromatic ring is 1. The number of ether oxygens (including phenoxy) is 2. The zero-order chi connectivity index (χ0) is 14.7. The Morgan fingerprint density at radius 1 is 1.05 bits per heavy atom. The maximum Gasteiger partial charge on any atom is 0.168 e. The highest BCUT2D eigenvalue weighted by Gasteiger charge is 2.16. The molecule has 0 aliphatic rings. The number of rotatable bonds is 4. The van der Waals surface area contributed by atoms with E-state index in [4.69, 9.17) is 15.2 Å². The van der Waals surface area contributed by atoms with Crippen LogP contribution in [0.25, 0.3) is 11.1 Å². The van der Waals surface area contributed by atoms with Crippen LogP contribution in [0.1, 0.15) is 15.9 Å². The zero-order valence-corrected chi connectivity index (χ0v) is 11.8. The molecule has 0 atom stereocenters. The maximum absolute atomic E-state index is 11.1. The molecule has 2 aromatic rings. The summed E-state index contributed by atoms with van der Waals surface area (Å²) in [6.07, 6.45) is 0.775. The SMILES string of the molecule is COc1cc(C=O)cc(-c2cc(C)ccc2N)c1OC. The number of aldehydes is 1. The number of hydrogen-bond acceptors (Lipinski definition) is 4. The molecule has 0 spiro atoms. The van der Waals surface area contributed by atoms with E-state index in [0.29, 0.717) is 22.7 Å². The van der Waals surface area contributed by atoms with Gasteiger partial charge in [0.15, 0.2) is 11.5 Å². The van der Waals surface area contributed by atoms with Gasteiger partial charge in [0, 0.05) is 22.4 Å². The summed E-state index contributed by atoms with van der Waals surface area (Å²) >= 11 is 0. The summed E-state index contributed by atoms with van der Waals surface area (Å²) in [6.45, 7) is 1.98. The Hall–Kier alpha value is -2.49. The fraction of sp³-hybridized carbons (Fsp3) is 0.188. The minimum atomic E-state index is 0.507. The summed E-state index contributed by atoms with van der Waals surface area (Å²) in [5, 5.41) is 0. The lowest BCUT2D eigenvalue weighted by atomic mass is 9.98. The molecule has 2 rings (SSSR count). The molecule has 0 aliphatic carbocycles. The molecule has 2 aromatic carbocycles. The third-order valence-electron chi connectivity index (χ3n) is 3.14. The number of benzene rings is 2. The lowest BCUT2D eigenvalue weighted by Gasteiger charge is -2.15. The Kier molecular flexibility index (Phi) is 3.94. The van der Waals surface area contributed by atoms with E-state index < -0.39 is 0 Å². The smallest absolute Gasteiger partial charge is 0.168 e. The van der Waals surface area contributed by atoms with Gasteiger partial charge in [-0.2, -0.15) is 0 Å². The van der Waals surface area contributed by atoms with Crippen LogP contribution >= 0.6 is 0 Å². The summed E-state index contributed by atoms with van der Waals surface area (Å²) in [4.78, 5) is 11.1. The maximum atomic E-state index is 11.1. The minimum Gasteiger partial charge on any atom is -0.493 e. The number of carbonyl (C=O) groups excluding carboxylic acids is 1. The molecule has 0 radical (unpaired) electrons. The first-order valence-corrected chi connectivity index (χ1v) is 6.18. The van der Waals surface area contributed by atoms with Crippen molar-refractivity contribution in [2.75, 3.05) is 20.0 Å². The van der Waals surface area contributed by atoms with Crippen molar-refractivity contribution < 1.29 is 14.3 Å². The number of methoxy groups -OCH3 is 2. The van der Waals surface area contributed by atoms with Crippen molar-refractivity contribution in [3.8, 4) is 22.6 Å². The molecule has 0 saturated heterocycles. The van der Waals surface area contributed by atoms with E-state index in [1.165, 1.54) is 7.11 Å². The Balaban J connectivity index is 2.77. The van der Waals surface area contributed by atoms with Crippen LogP contribution in [0.4, 0.5) is 5.69 Å². The van der Waals surface area contributed by atoms with Crippen LogP contribution in [-0.2, 0) is 0 Å². The van der Waals surface area contributed by atoms with Gasteiger partial charge in [-0.15, -0.1) is 0 Å². The number of aryl methyl sites for hydroxylation is 1. The van der Waals surface area contributed by atoms with E-state index in [1.54, 1.807) is 19.2 Å². The number of hydrogen-bond donors (Lipinski definition) is 1. The lowest BCUT2D eigenvalue weighted by molar-refractivity contribution is 0.112. The molecule has 0 aliphatic heterocycles. The molecule has 4 nitrogen and oxygen atoms in total. The lowest BCUT2D eigenvalue weighted by Crippen LogP contribution is -1.98. The van der Waals surface area contributed by atoms with Crippen LogP contribution in [0, 0.1) is 6.92 Å². The van der Waals surface area contributed by atoms with Crippen LogP contribution < -0.4 is 15.2 Å². The summed E-state index contributed by atoms with van der Waals surface area (Å²) in [7, 11) is 3.10. The standard InChI is InChI=1S/C16H17NO3/c1-10-4-5-14(17)12(6-10)13-7-11(9-18)8-15(19-2)16(13)20-3/h4-9H,17H2,1-3H3. The first kappa shape index (κ1) is 13.9. The topological polar surface area (TPSA) is 61.5 Å². The second-order valence-electron chi connectivity index (χ2n) is 4.51. The molecule has 0 unspecified atom stereocenters. The summed E-state index contributed by atoms with van der Waals surface area (Å²) < 4.78 is 10.7. The monoisotopic (exact) mass is 271 g/mol. The van der Waals surface area contributed by atoms with Gasteiger partial charge < -0.3 is 15.2 Å². The van der Waals surface area contributed by atoms with Crippen molar-refractivity contribution in [3.63, 3.8) is 0 Å². The quantitative estimate of drug-likeness (QED) is 0.685. The Morgan fingerprint density at radius 2 is 1.80 bits per heavy atom. The molecule has 4 heteroatoms. The summed E-state index contributed by atoms with van der Waals surface area (Å²) in [5.41, 5.74) is 9.82. The number of carbonyl (C=O) groups is 1. The van der Waals surface area contributed by atoms with E-state index >= 15 is 0 Å². The van der Waals surface area contributed by atoms with Crippen molar-refractivity contribution in [1.82, 2.24) is 0 Å². The molecule has 0 amide bonds. The van der Waals surface area contributed by atoms with Gasteiger partial charge in [-0.1, -0.05) is 11.6 Å². The molecule has 0 heterocycles. The Bertz CT molecular complexity index is 650. The second kappa shape index (κ2) is 5.65. The molecular formula is C16H17NO3. The van der Waals surface area contributed by atoms with Gasteiger partial charge in [0.1, 0.15) is 6.29 Å². The predicted octanol–water partition coefficient (Wildman–Crippen LogP) is 3.07. The molecule has 2 N–H and O–H groups in total. The van der Waals surface area contributed by atoms with Gasteiger partial charge in [0.2, 0.25) is 0 Å². The first-order chi connectivity index (χ1) is 9.60. The Morgan fingerprint density at radius 3 is 2.40 bits per heavy atom. The van der Waals surface area contributed by atoms with E-state index in [1.807, 2.05) is 25.1 Å². The minimum absolute atomic E-state index is 0.507. The highest BCUT2D eigenvalue weighted by Crippen LogP contribution is 2.41. The molecular weight excluding hydrogens is 254 g/mol. The third kappa shape index (κ3) is 2.45. The molecule has 104 valence electrons. The molecule has 0 bridgehead atoms. The average molecular weight is 271 g/mol. The molecule has 20 heavy (non-hydrogen) atoms. The van der Waals surface area contributed by atoms with Gasteiger partial charge in [-0.3, -0.25) is 4.79 Å². The van der Waals surface area contributed by atoms with Gasteiger partial charge >= 0.3 is 0 Å². The molecule has 0 fully saturated rings. The third-order valence-corrected chi connectivity index (χ3v) is 3.14. The highest BCUT2D eigenvalue weighted by atomic mass is 16.5. The van der Waals surface area contributed by atoms with Gasteiger partial charge in [-0.25, -0.2) is 0 Å².